The number of hydrogen-bond acceptors (Lipinski definition) is 0. The zero-order valence-corrected chi connectivity index (χ0v) is 14.1. The monoisotopic (exact) mass is 373 g/mol. The topological polar surface area (TPSA) is 0 Å². The third kappa shape index (κ3) is 41.1. The van der Waals surface area contributed by atoms with Crippen LogP contribution in [0.25, 0.3) is 0 Å². The minimum absolute atomic E-state index is 0. The van der Waals surface area contributed by atoms with Crippen LogP contribution in [0.4, 0.5) is 0 Å². The maximum Gasteiger partial charge on any atom is 1.00 e. The zero-order chi connectivity index (χ0) is 2.71. The van der Waals surface area contributed by atoms with E-state index in [1.807, 2.05) is 20.3 Å². The molecule has 4 heteroatoms. The Bertz CT molecular complexity index is 10.1. The van der Waals surface area contributed by atoms with Crippen LogP contribution >= 0.6 is 0 Å². The average Bonchev–Trinajstić information content (AvgIpc) is 0.918. The van der Waals surface area contributed by atoms with Crippen LogP contribution < -0.4 is 0 Å². The minimum atomic E-state index is 0. The van der Waals surface area contributed by atoms with Crippen molar-refractivity contribution < 1.29 is 115 Å². The van der Waals surface area contributed by atoms with E-state index >= 15 is 0 Å². The molecule has 0 saturated carbocycles. The van der Waals surface area contributed by atoms with Crippen molar-refractivity contribution in [2.75, 3.05) is 0 Å². The first-order valence-corrected chi connectivity index (χ1v) is 1.15. The smallest absolute Gasteiger partial charge is 0.335 e. The fourth-order valence-corrected chi connectivity index (χ4v) is 0. The van der Waals surface area contributed by atoms with Gasteiger partial charge in [0.2, 0.25) is 0 Å². The van der Waals surface area contributed by atoms with Gasteiger partial charge in [0.25, 0.3) is 0 Å². The third-order valence-corrected chi connectivity index (χ3v) is 0. The van der Waals surface area contributed by atoms with Crippen molar-refractivity contribution in [2.24, 2.45) is 0 Å². The quantitative estimate of drug-likeness (QED) is 0.443. The molecule has 0 saturated heterocycles. The van der Waals surface area contributed by atoms with Crippen LogP contribution in [0.1, 0.15) is 13.8 Å². The van der Waals surface area contributed by atoms with Crippen LogP contribution in [-0.4, -0.2) is 0 Å². The summed E-state index contributed by atoms with van der Waals surface area (Å²) >= 11 is 0. The molecule has 0 N–H and O–H groups in total. The molecule has 0 bridgehead atoms. The third-order valence-electron chi connectivity index (χ3n) is 0. The molecule has 3 radical (unpaired) electrons. The first-order valence-electron chi connectivity index (χ1n) is 1.15. The van der Waals surface area contributed by atoms with E-state index in [0.29, 0.717) is 0 Å². The summed E-state index contributed by atoms with van der Waals surface area (Å²) in [5, 5.41) is 0. The standard InChI is InChI=1S/C3H7.Cu.3Y/c1-3-2;;;;/h3H,1-2H3;;;;/q-1;+1;;;. The summed E-state index contributed by atoms with van der Waals surface area (Å²) in [6.45, 7) is 4.00. The average molecular weight is 373 g/mol. The van der Waals surface area contributed by atoms with Crippen molar-refractivity contribution in [1.29, 1.82) is 0 Å². The molecule has 0 nitrogen and oxygen atoms in total. The summed E-state index contributed by atoms with van der Waals surface area (Å²) in [6.07, 6.45) is 2.00. The molecular weight excluding hydrogens is 366 g/mol. The molecule has 0 unspecified atom stereocenters. The van der Waals surface area contributed by atoms with Gasteiger partial charge in [-0.25, -0.2) is 0 Å². The van der Waals surface area contributed by atoms with Crippen LogP contribution in [0.5, 0.6) is 0 Å². The summed E-state index contributed by atoms with van der Waals surface area (Å²) in [5.74, 6) is 0. The largest absolute Gasteiger partial charge is 1.00 e. The Kier molecular flexibility index (Phi) is 144. The van der Waals surface area contributed by atoms with E-state index in [4.69, 9.17) is 0 Å². The first-order chi connectivity index (χ1) is 1.41. The van der Waals surface area contributed by atoms with Crippen LogP contribution in [0.15, 0.2) is 0 Å². The van der Waals surface area contributed by atoms with Gasteiger partial charge in [0.05, 0.1) is 0 Å². The minimum Gasteiger partial charge on any atom is -0.335 e. The molecule has 7 heavy (non-hydrogen) atoms. The SMILES string of the molecule is C[CH-]C.[Cu+].[Y].[Y].[Y]. The predicted octanol–water partition coefficient (Wildman–Crippen LogP) is 1.22. The molecule has 0 aromatic heterocycles. The summed E-state index contributed by atoms with van der Waals surface area (Å²) in [6, 6.07) is 0. The van der Waals surface area contributed by atoms with Gasteiger partial charge in [-0.1, -0.05) is 0 Å². The first kappa shape index (κ1) is 30.8. The molecule has 0 aliphatic carbocycles. The van der Waals surface area contributed by atoms with E-state index in [2.05, 4.69) is 0 Å². The van der Waals surface area contributed by atoms with Crippen molar-refractivity contribution in [3.05, 3.63) is 6.42 Å². The predicted molar refractivity (Wildman–Crippen MR) is 15.6 cm³/mol. The van der Waals surface area contributed by atoms with Crippen molar-refractivity contribution in [2.45, 2.75) is 13.8 Å². The van der Waals surface area contributed by atoms with Crippen molar-refractivity contribution in [3.8, 4) is 0 Å². The van der Waals surface area contributed by atoms with Gasteiger partial charge in [0.15, 0.2) is 0 Å². The van der Waals surface area contributed by atoms with Crippen molar-refractivity contribution >= 4 is 0 Å². The molecule has 0 aliphatic heterocycles. The Hall–Kier alpha value is 3.83. The van der Waals surface area contributed by atoms with Gasteiger partial charge >= 0.3 is 17.1 Å². The Morgan fingerprint density at radius 2 is 0.857 bits per heavy atom. The van der Waals surface area contributed by atoms with Gasteiger partial charge in [-0.3, -0.25) is 0 Å². The summed E-state index contributed by atoms with van der Waals surface area (Å²) in [7, 11) is 0. The fraction of sp³-hybridized carbons (Fsp3) is 0.667. The second-order valence-corrected chi connectivity index (χ2v) is 0.577. The Morgan fingerprint density at radius 1 is 0.857 bits per heavy atom. The van der Waals surface area contributed by atoms with Crippen molar-refractivity contribution in [1.82, 2.24) is 0 Å². The molecule has 0 aromatic rings. The molecular formula is C3H7CuY3. The molecule has 0 aromatic carbocycles. The van der Waals surface area contributed by atoms with Gasteiger partial charge in [0.1, 0.15) is 0 Å². The van der Waals surface area contributed by atoms with E-state index in [0.717, 1.165) is 0 Å². The number of rotatable bonds is 0. The Morgan fingerprint density at radius 3 is 0.857 bits per heavy atom. The summed E-state index contributed by atoms with van der Waals surface area (Å²) in [5.41, 5.74) is 0. The van der Waals surface area contributed by atoms with E-state index in [1.54, 1.807) is 0 Å². The van der Waals surface area contributed by atoms with Gasteiger partial charge in [-0.05, 0) is 0 Å². The second kappa shape index (κ2) is 32.9. The van der Waals surface area contributed by atoms with Crippen LogP contribution in [0.2, 0.25) is 0 Å². The van der Waals surface area contributed by atoms with Gasteiger partial charge < -0.3 is 6.42 Å². The van der Waals surface area contributed by atoms with E-state index in [-0.39, 0.29) is 115 Å². The maximum atomic E-state index is 2.00. The van der Waals surface area contributed by atoms with Gasteiger partial charge in [-0.2, -0.15) is 13.8 Å². The van der Waals surface area contributed by atoms with Crippen molar-refractivity contribution in [3.63, 3.8) is 0 Å². The molecule has 0 fully saturated rings. The molecule has 0 amide bonds. The van der Waals surface area contributed by atoms with E-state index in [9.17, 15) is 0 Å². The van der Waals surface area contributed by atoms with Crippen LogP contribution in [0.3, 0.4) is 0 Å². The molecule has 0 aliphatic rings. The molecule has 0 rings (SSSR count). The zero-order valence-electron chi connectivity index (χ0n) is 4.61. The molecule has 0 atom stereocenters. The Labute approximate surface area is 132 Å². The van der Waals surface area contributed by atoms with E-state index < -0.39 is 0 Å². The van der Waals surface area contributed by atoms with Gasteiger partial charge in [-0.15, -0.1) is 0 Å². The molecule has 39 valence electrons. The molecule has 0 heterocycles. The van der Waals surface area contributed by atoms with Crippen LogP contribution in [0, 0.1) is 6.42 Å². The van der Waals surface area contributed by atoms with Gasteiger partial charge in [0, 0.05) is 98.1 Å². The Balaban J connectivity index is -0.00000000333. The summed E-state index contributed by atoms with van der Waals surface area (Å²) in [4.78, 5) is 0. The van der Waals surface area contributed by atoms with Crippen LogP contribution in [-0.2, 0) is 115 Å². The molecule has 0 spiro atoms. The second-order valence-electron chi connectivity index (χ2n) is 0.577. The maximum absolute atomic E-state index is 2.00. The van der Waals surface area contributed by atoms with E-state index in [1.165, 1.54) is 0 Å². The number of hydrogen-bond donors (Lipinski definition) is 0. The summed E-state index contributed by atoms with van der Waals surface area (Å²) < 4.78 is 0. The normalized spacial score (nSPS) is 2.57. The fourth-order valence-electron chi connectivity index (χ4n) is 0.